The predicted octanol–water partition coefficient (Wildman–Crippen LogP) is 0.115. The Morgan fingerprint density at radius 3 is 2.67 bits per heavy atom. The Kier molecular flexibility index (Phi) is 6.21. The molecule has 1 aromatic rings. The van der Waals surface area contributed by atoms with Crippen LogP contribution in [0.4, 0.5) is 5.69 Å². The fraction of sp³-hybridized carbons (Fsp3) is 0.364. The summed E-state index contributed by atoms with van der Waals surface area (Å²) in [5.41, 5.74) is -0.202. The summed E-state index contributed by atoms with van der Waals surface area (Å²) in [6.45, 7) is -0.745. The summed E-state index contributed by atoms with van der Waals surface area (Å²) in [6, 6.07) is 5.54. The van der Waals surface area contributed by atoms with Crippen LogP contribution in [0.15, 0.2) is 24.3 Å². The number of hydrogen-bond acceptors (Lipinski definition) is 6. The van der Waals surface area contributed by atoms with Gasteiger partial charge in [0.2, 0.25) is 10.0 Å². The third-order valence-electron chi connectivity index (χ3n) is 2.33. The molecule has 9 nitrogen and oxygen atoms in total. The number of aliphatic carboxylic acids is 1. The Balaban J connectivity index is 2.57. The van der Waals surface area contributed by atoms with Crippen molar-refractivity contribution in [3.8, 4) is 0 Å². The van der Waals surface area contributed by atoms with Gasteiger partial charge in [-0.05, 0) is 0 Å². The molecule has 0 aliphatic carbocycles. The van der Waals surface area contributed by atoms with Crippen molar-refractivity contribution in [2.45, 2.75) is 5.75 Å². The zero-order chi connectivity index (χ0) is 15.9. The summed E-state index contributed by atoms with van der Waals surface area (Å²) < 4.78 is 30.4. The van der Waals surface area contributed by atoms with Crippen LogP contribution in [0.25, 0.3) is 0 Å². The monoisotopic (exact) mass is 318 g/mol. The fourth-order valence-corrected chi connectivity index (χ4v) is 2.65. The van der Waals surface area contributed by atoms with E-state index in [4.69, 9.17) is 5.11 Å². The third kappa shape index (κ3) is 6.29. The van der Waals surface area contributed by atoms with Crippen LogP contribution in [0.1, 0.15) is 5.56 Å². The van der Waals surface area contributed by atoms with Crippen LogP contribution in [0.5, 0.6) is 0 Å². The van der Waals surface area contributed by atoms with Gasteiger partial charge in [0.15, 0.2) is 0 Å². The molecule has 21 heavy (non-hydrogen) atoms. The number of sulfonamides is 1. The number of carboxylic acid groups (broad SMARTS) is 1. The average molecular weight is 318 g/mol. The molecule has 1 aromatic carbocycles. The van der Waals surface area contributed by atoms with Gasteiger partial charge in [-0.25, -0.2) is 17.9 Å². The maximum Gasteiger partial charge on any atom is 0.329 e. The molecule has 10 heteroatoms. The predicted molar refractivity (Wildman–Crippen MR) is 72.2 cm³/mol. The molecule has 0 saturated heterocycles. The minimum absolute atomic E-state index is 0.0708. The lowest BCUT2D eigenvalue weighted by Crippen LogP contribution is -2.29. The summed E-state index contributed by atoms with van der Waals surface area (Å²) in [5.74, 6) is -1.69. The lowest BCUT2D eigenvalue weighted by molar-refractivity contribution is -0.385. The maximum absolute atomic E-state index is 11.8. The first kappa shape index (κ1) is 17.0. The smallest absolute Gasteiger partial charge is 0.329 e. The summed E-state index contributed by atoms with van der Waals surface area (Å²) in [7, 11) is -3.77. The van der Waals surface area contributed by atoms with Crippen molar-refractivity contribution in [2.75, 3.05) is 19.8 Å². The number of nitrogens with one attached hydrogen (secondary N) is 1. The zero-order valence-electron chi connectivity index (χ0n) is 10.9. The van der Waals surface area contributed by atoms with Gasteiger partial charge < -0.3 is 9.84 Å². The van der Waals surface area contributed by atoms with Crippen LogP contribution in [-0.2, 0) is 25.3 Å². The Labute approximate surface area is 120 Å². The minimum Gasteiger partial charge on any atom is -0.480 e. The van der Waals surface area contributed by atoms with Gasteiger partial charge in [0, 0.05) is 18.2 Å². The topological polar surface area (TPSA) is 136 Å². The van der Waals surface area contributed by atoms with E-state index in [9.17, 15) is 23.3 Å². The highest BCUT2D eigenvalue weighted by Crippen LogP contribution is 2.19. The highest BCUT2D eigenvalue weighted by atomic mass is 32.2. The Bertz CT molecular complexity index is 615. The number of rotatable bonds is 9. The number of carboxylic acids is 1. The number of nitro groups is 1. The van der Waals surface area contributed by atoms with Gasteiger partial charge in [-0.2, -0.15) is 0 Å². The first-order valence-corrected chi connectivity index (χ1v) is 7.46. The number of benzene rings is 1. The number of para-hydroxylation sites is 1. The van der Waals surface area contributed by atoms with Crippen molar-refractivity contribution in [2.24, 2.45) is 0 Å². The Morgan fingerprint density at radius 1 is 1.38 bits per heavy atom. The Morgan fingerprint density at radius 2 is 2.05 bits per heavy atom. The molecule has 0 fully saturated rings. The van der Waals surface area contributed by atoms with E-state index in [1.54, 1.807) is 0 Å². The van der Waals surface area contributed by atoms with Crippen LogP contribution in [0.2, 0.25) is 0 Å². The van der Waals surface area contributed by atoms with Crippen LogP contribution >= 0.6 is 0 Å². The summed E-state index contributed by atoms with van der Waals surface area (Å²) >= 11 is 0. The molecule has 1 rings (SSSR count). The quantitative estimate of drug-likeness (QED) is 0.375. The zero-order valence-corrected chi connectivity index (χ0v) is 11.7. The van der Waals surface area contributed by atoms with Crippen molar-refractivity contribution < 1.29 is 28.0 Å². The Hall–Kier alpha value is -2.04. The third-order valence-corrected chi connectivity index (χ3v) is 3.66. The number of ether oxygens (including phenoxy) is 1. The van der Waals surface area contributed by atoms with Crippen molar-refractivity contribution in [3.05, 3.63) is 39.9 Å². The molecule has 0 bridgehead atoms. The minimum atomic E-state index is -3.77. The van der Waals surface area contributed by atoms with E-state index in [1.807, 2.05) is 0 Å². The van der Waals surface area contributed by atoms with E-state index in [0.717, 1.165) is 0 Å². The van der Waals surface area contributed by atoms with Gasteiger partial charge in [0.25, 0.3) is 5.69 Å². The SMILES string of the molecule is O=C(O)COCCNS(=O)(=O)Cc1ccccc1[N+](=O)[O-]. The molecule has 0 atom stereocenters. The van der Waals surface area contributed by atoms with Crippen molar-refractivity contribution >= 4 is 21.7 Å². The van der Waals surface area contributed by atoms with Crippen LogP contribution < -0.4 is 4.72 Å². The maximum atomic E-state index is 11.8. The van der Waals surface area contributed by atoms with Gasteiger partial charge in [-0.1, -0.05) is 18.2 Å². The molecular formula is C11H14N2O7S. The molecule has 0 saturated carbocycles. The number of nitro benzene ring substituents is 1. The highest BCUT2D eigenvalue weighted by Gasteiger charge is 2.19. The second-order valence-corrected chi connectivity index (χ2v) is 5.79. The van der Waals surface area contributed by atoms with Crippen molar-refractivity contribution in [1.82, 2.24) is 4.72 Å². The lowest BCUT2D eigenvalue weighted by Gasteiger charge is -2.07. The molecule has 116 valence electrons. The highest BCUT2D eigenvalue weighted by molar-refractivity contribution is 7.88. The lowest BCUT2D eigenvalue weighted by atomic mass is 10.2. The summed E-state index contributed by atoms with van der Waals surface area (Å²) in [5, 5.41) is 19.1. The molecule has 0 aromatic heterocycles. The van der Waals surface area contributed by atoms with Gasteiger partial charge in [-0.15, -0.1) is 0 Å². The molecular weight excluding hydrogens is 304 g/mol. The van der Waals surface area contributed by atoms with E-state index in [1.165, 1.54) is 24.3 Å². The van der Waals surface area contributed by atoms with Gasteiger partial charge in [-0.3, -0.25) is 10.1 Å². The second-order valence-electron chi connectivity index (χ2n) is 3.99. The van der Waals surface area contributed by atoms with Crippen molar-refractivity contribution in [1.29, 1.82) is 0 Å². The molecule has 0 radical (unpaired) electrons. The first-order chi connectivity index (χ1) is 9.82. The van der Waals surface area contributed by atoms with Gasteiger partial charge >= 0.3 is 5.97 Å². The summed E-state index contributed by atoms with van der Waals surface area (Å²) in [4.78, 5) is 20.3. The number of nitrogens with zero attached hydrogens (tertiary/aromatic N) is 1. The first-order valence-electron chi connectivity index (χ1n) is 5.81. The molecule has 2 N–H and O–H groups in total. The number of carbonyl (C=O) groups is 1. The standard InChI is InChI=1S/C11H14N2O7S/c14-11(15)7-20-6-5-12-21(18,19)8-9-3-1-2-4-10(9)13(16)17/h1-4,12H,5-8H2,(H,14,15). The van der Waals surface area contributed by atoms with Crippen LogP contribution in [0, 0.1) is 10.1 Å². The van der Waals surface area contributed by atoms with E-state index in [-0.39, 0.29) is 24.4 Å². The van der Waals surface area contributed by atoms with E-state index < -0.39 is 33.3 Å². The van der Waals surface area contributed by atoms with E-state index >= 15 is 0 Å². The molecule has 0 spiro atoms. The number of hydrogen-bond donors (Lipinski definition) is 2. The normalized spacial score (nSPS) is 11.2. The van der Waals surface area contributed by atoms with Crippen LogP contribution in [0.3, 0.4) is 0 Å². The molecule has 0 aliphatic rings. The largest absolute Gasteiger partial charge is 0.480 e. The van der Waals surface area contributed by atoms with Crippen molar-refractivity contribution in [3.63, 3.8) is 0 Å². The molecule has 0 unspecified atom stereocenters. The van der Waals surface area contributed by atoms with Gasteiger partial charge in [0.05, 0.1) is 17.3 Å². The molecule has 0 amide bonds. The molecule has 0 heterocycles. The van der Waals surface area contributed by atoms with Crippen LogP contribution in [-0.4, -0.2) is 44.2 Å². The molecule has 0 aliphatic heterocycles. The van der Waals surface area contributed by atoms with Gasteiger partial charge in [0.1, 0.15) is 6.61 Å². The van der Waals surface area contributed by atoms with E-state index in [0.29, 0.717) is 0 Å². The second kappa shape index (κ2) is 7.67. The summed E-state index contributed by atoms with van der Waals surface area (Å²) in [6.07, 6.45) is 0. The van der Waals surface area contributed by atoms with E-state index in [2.05, 4.69) is 9.46 Å². The average Bonchev–Trinajstić information content (AvgIpc) is 2.37. The fourth-order valence-electron chi connectivity index (χ4n) is 1.50.